The topological polar surface area (TPSA) is 114 Å². The number of alkyl carbamates (subject to hydrolysis) is 1. The van der Waals surface area contributed by atoms with Gasteiger partial charge in [-0.05, 0) is 39.3 Å². The van der Waals surface area contributed by atoms with E-state index in [0.717, 1.165) is 0 Å². The number of methoxy groups -OCH3 is 1. The van der Waals surface area contributed by atoms with Gasteiger partial charge in [-0.2, -0.15) is 0 Å². The van der Waals surface area contributed by atoms with Crippen LogP contribution in [0.4, 0.5) is 4.79 Å². The molecular formula is C22H29N3O6. The first kappa shape index (κ1) is 25.5. The molecule has 0 saturated carbocycles. The monoisotopic (exact) mass is 431 g/mol. The molecule has 0 bridgehead atoms. The number of ether oxygens (including phenoxy) is 2. The summed E-state index contributed by atoms with van der Waals surface area (Å²) in [6, 6.07) is 5.56. The average molecular weight is 431 g/mol. The van der Waals surface area contributed by atoms with Crippen LogP contribution in [-0.4, -0.2) is 61.1 Å². The molecule has 1 aromatic carbocycles. The summed E-state index contributed by atoms with van der Waals surface area (Å²) in [5, 5.41) is 4.85. The number of benzene rings is 1. The number of rotatable bonds is 8. The van der Waals surface area contributed by atoms with Gasteiger partial charge in [0.05, 0.1) is 7.11 Å². The third kappa shape index (κ3) is 8.01. The second-order valence-electron chi connectivity index (χ2n) is 7.46. The normalized spacial score (nSPS) is 11.5. The van der Waals surface area contributed by atoms with Crippen molar-refractivity contribution in [2.24, 2.45) is 0 Å². The van der Waals surface area contributed by atoms with Gasteiger partial charge in [-0.25, -0.2) is 4.79 Å². The van der Waals surface area contributed by atoms with Crippen molar-refractivity contribution in [3.05, 3.63) is 35.4 Å². The fourth-order valence-corrected chi connectivity index (χ4v) is 2.71. The zero-order valence-corrected chi connectivity index (χ0v) is 18.5. The number of likely N-dealkylation sites (N-methyl/N-ethyl adjacent to an activating group) is 1. The molecule has 3 amide bonds. The Morgan fingerprint density at radius 3 is 2.32 bits per heavy atom. The van der Waals surface area contributed by atoms with Crippen LogP contribution in [0.15, 0.2) is 24.3 Å². The summed E-state index contributed by atoms with van der Waals surface area (Å²) >= 11 is 0. The summed E-state index contributed by atoms with van der Waals surface area (Å²) < 4.78 is 9.67. The van der Waals surface area contributed by atoms with Crippen molar-refractivity contribution in [1.82, 2.24) is 15.5 Å². The molecule has 1 unspecified atom stereocenters. The Morgan fingerprint density at radius 2 is 1.77 bits per heavy atom. The fourth-order valence-electron chi connectivity index (χ4n) is 2.71. The van der Waals surface area contributed by atoms with E-state index in [1.807, 2.05) is 0 Å². The Morgan fingerprint density at radius 1 is 1.13 bits per heavy atom. The predicted molar refractivity (Wildman–Crippen MR) is 114 cm³/mol. The van der Waals surface area contributed by atoms with Crippen molar-refractivity contribution in [2.45, 2.75) is 39.3 Å². The van der Waals surface area contributed by atoms with E-state index in [4.69, 9.17) is 11.2 Å². The third-order valence-electron chi connectivity index (χ3n) is 4.05. The van der Waals surface area contributed by atoms with Crippen LogP contribution in [0.2, 0.25) is 0 Å². The standard InChI is InChI=1S/C22H29N3O6/c1-7-15-11-9-10-12-16(15)19(20(28)23-14-18(27)30-6)25(8-2)17(26)13-24-21(29)31-22(3,4)5/h1,9-12,19H,8,13-14H2,2-6H3,(H,23,28)(H,24,29). The molecule has 31 heavy (non-hydrogen) atoms. The summed E-state index contributed by atoms with van der Waals surface area (Å²) in [5.41, 5.74) is 0.117. The molecule has 1 atom stereocenters. The number of carbonyl (C=O) groups is 4. The Labute approximate surface area is 182 Å². The van der Waals surface area contributed by atoms with Gasteiger partial charge in [-0.3, -0.25) is 14.4 Å². The molecule has 0 heterocycles. The van der Waals surface area contributed by atoms with Crippen LogP contribution < -0.4 is 10.6 Å². The van der Waals surface area contributed by atoms with Crippen molar-refractivity contribution in [1.29, 1.82) is 0 Å². The highest BCUT2D eigenvalue weighted by Crippen LogP contribution is 2.24. The van der Waals surface area contributed by atoms with Gasteiger partial charge in [0.25, 0.3) is 0 Å². The number of carbonyl (C=O) groups excluding carboxylic acids is 4. The van der Waals surface area contributed by atoms with E-state index in [2.05, 4.69) is 21.3 Å². The highest BCUT2D eigenvalue weighted by Gasteiger charge is 2.32. The molecule has 168 valence electrons. The van der Waals surface area contributed by atoms with E-state index in [1.54, 1.807) is 52.0 Å². The number of esters is 1. The summed E-state index contributed by atoms with van der Waals surface area (Å²) in [6.07, 6.45) is 4.82. The van der Waals surface area contributed by atoms with Crippen LogP contribution in [0.1, 0.15) is 44.9 Å². The summed E-state index contributed by atoms with van der Waals surface area (Å²) in [6.45, 7) is 6.17. The minimum Gasteiger partial charge on any atom is -0.468 e. The maximum atomic E-state index is 13.0. The molecule has 9 nitrogen and oxygen atoms in total. The van der Waals surface area contributed by atoms with E-state index in [1.165, 1.54) is 12.0 Å². The maximum Gasteiger partial charge on any atom is 0.408 e. The van der Waals surface area contributed by atoms with Gasteiger partial charge in [0.2, 0.25) is 11.8 Å². The molecule has 1 rings (SSSR count). The molecule has 0 saturated heterocycles. The number of hydrogen-bond donors (Lipinski definition) is 2. The minimum absolute atomic E-state index is 0.143. The SMILES string of the molecule is C#Cc1ccccc1C(C(=O)NCC(=O)OC)N(CC)C(=O)CNC(=O)OC(C)(C)C. The molecule has 0 spiro atoms. The van der Waals surface area contributed by atoms with Gasteiger partial charge in [0.1, 0.15) is 24.7 Å². The van der Waals surface area contributed by atoms with E-state index in [-0.39, 0.29) is 19.6 Å². The average Bonchev–Trinajstić information content (AvgIpc) is 2.72. The summed E-state index contributed by atoms with van der Waals surface area (Å²) in [7, 11) is 1.20. The number of hydrogen-bond acceptors (Lipinski definition) is 6. The number of amides is 3. The molecule has 0 aliphatic heterocycles. The van der Waals surface area contributed by atoms with E-state index in [0.29, 0.717) is 11.1 Å². The largest absolute Gasteiger partial charge is 0.468 e. The Kier molecular flexibility index (Phi) is 9.54. The molecule has 0 aromatic heterocycles. The van der Waals surface area contributed by atoms with Crippen LogP contribution in [0.3, 0.4) is 0 Å². The summed E-state index contributed by atoms with van der Waals surface area (Å²) in [5.74, 6) is 0.721. The lowest BCUT2D eigenvalue weighted by molar-refractivity contribution is -0.143. The van der Waals surface area contributed by atoms with E-state index in [9.17, 15) is 19.2 Å². The Balaban J connectivity index is 3.15. The van der Waals surface area contributed by atoms with Gasteiger partial charge in [-0.15, -0.1) is 6.42 Å². The number of terminal acetylenes is 1. The van der Waals surface area contributed by atoms with Crippen molar-refractivity contribution in [2.75, 3.05) is 26.7 Å². The molecule has 2 N–H and O–H groups in total. The number of nitrogens with one attached hydrogen (secondary N) is 2. The first-order chi connectivity index (χ1) is 14.5. The zero-order valence-electron chi connectivity index (χ0n) is 18.5. The van der Waals surface area contributed by atoms with Gasteiger partial charge < -0.3 is 25.0 Å². The molecule has 0 aliphatic carbocycles. The molecule has 0 fully saturated rings. The van der Waals surface area contributed by atoms with Gasteiger partial charge in [0, 0.05) is 12.1 Å². The van der Waals surface area contributed by atoms with E-state index >= 15 is 0 Å². The van der Waals surface area contributed by atoms with Crippen molar-refractivity contribution in [3.63, 3.8) is 0 Å². The van der Waals surface area contributed by atoms with Gasteiger partial charge in [-0.1, -0.05) is 24.1 Å². The van der Waals surface area contributed by atoms with Crippen LogP contribution in [0.5, 0.6) is 0 Å². The third-order valence-corrected chi connectivity index (χ3v) is 4.05. The zero-order chi connectivity index (χ0) is 23.6. The van der Waals surface area contributed by atoms with Crippen LogP contribution in [0, 0.1) is 12.3 Å². The lowest BCUT2D eigenvalue weighted by Gasteiger charge is -2.31. The Bertz CT molecular complexity index is 854. The molecule has 0 radical (unpaired) electrons. The quantitative estimate of drug-likeness (QED) is 0.475. The predicted octanol–water partition coefficient (Wildman–Crippen LogP) is 1.37. The Hall–Kier alpha value is -3.54. The second kappa shape index (κ2) is 11.6. The van der Waals surface area contributed by atoms with Gasteiger partial charge >= 0.3 is 12.1 Å². The van der Waals surface area contributed by atoms with Crippen molar-refractivity contribution >= 4 is 23.9 Å². The molecule has 1 aromatic rings. The molecule has 9 heteroatoms. The summed E-state index contributed by atoms with van der Waals surface area (Å²) in [4.78, 5) is 50.5. The molecular weight excluding hydrogens is 402 g/mol. The first-order valence-electron chi connectivity index (χ1n) is 9.70. The van der Waals surface area contributed by atoms with Crippen LogP contribution in [-0.2, 0) is 23.9 Å². The van der Waals surface area contributed by atoms with Crippen LogP contribution in [0.25, 0.3) is 0 Å². The van der Waals surface area contributed by atoms with Crippen molar-refractivity contribution in [3.8, 4) is 12.3 Å². The first-order valence-corrected chi connectivity index (χ1v) is 9.70. The van der Waals surface area contributed by atoms with Crippen molar-refractivity contribution < 1.29 is 28.7 Å². The fraction of sp³-hybridized carbons (Fsp3) is 0.455. The van der Waals surface area contributed by atoms with Crippen LogP contribution >= 0.6 is 0 Å². The van der Waals surface area contributed by atoms with Gasteiger partial charge in [0.15, 0.2) is 0 Å². The highest BCUT2D eigenvalue weighted by atomic mass is 16.6. The number of nitrogens with zero attached hydrogens (tertiary/aromatic N) is 1. The van der Waals surface area contributed by atoms with E-state index < -0.39 is 35.5 Å². The minimum atomic E-state index is -1.12. The highest BCUT2D eigenvalue weighted by molar-refractivity contribution is 5.92. The molecule has 0 aliphatic rings. The lowest BCUT2D eigenvalue weighted by atomic mass is 9.98. The lowest BCUT2D eigenvalue weighted by Crippen LogP contribution is -2.48. The maximum absolute atomic E-state index is 13.0. The second-order valence-corrected chi connectivity index (χ2v) is 7.46. The smallest absolute Gasteiger partial charge is 0.408 e.